The molecule has 11 heavy (non-hydrogen) atoms. The second-order valence-corrected chi connectivity index (χ2v) is 1.86. The molecule has 0 fully saturated rings. The Kier molecular flexibility index (Phi) is 11.7. The molecule has 0 aliphatic carbocycles. The van der Waals surface area contributed by atoms with Crippen LogP contribution in [-0.2, 0) is 9.53 Å². The van der Waals surface area contributed by atoms with Crippen molar-refractivity contribution in [3.05, 3.63) is 0 Å². The van der Waals surface area contributed by atoms with Gasteiger partial charge in [0.25, 0.3) is 0 Å². The van der Waals surface area contributed by atoms with Gasteiger partial charge in [0, 0.05) is 13.0 Å². The van der Waals surface area contributed by atoms with E-state index >= 15 is 0 Å². The first-order valence-electron chi connectivity index (χ1n) is 3.40. The zero-order valence-corrected chi connectivity index (χ0v) is 7.45. The Labute approximate surface area is 72.9 Å². The highest BCUT2D eigenvalue weighted by Crippen LogP contribution is 1.89. The summed E-state index contributed by atoms with van der Waals surface area (Å²) in [4.78, 5) is 10.6. The maximum Gasteiger partial charge on any atom is 0.305 e. The summed E-state index contributed by atoms with van der Waals surface area (Å²) in [6.07, 6.45) is 1.17. The van der Waals surface area contributed by atoms with Gasteiger partial charge in [0.05, 0.1) is 6.61 Å². The van der Waals surface area contributed by atoms with Gasteiger partial charge >= 0.3 is 5.97 Å². The fraction of sp³-hybridized carbons (Fsp3) is 0.833. The number of hydrazine groups is 1. The predicted octanol–water partition coefficient (Wildman–Crippen LogP) is 0.215. The second kappa shape index (κ2) is 9.68. The third-order valence-corrected chi connectivity index (χ3v) is 1.01. The summed E-state index contributed by atoms with van der Waals surface area (Å²) >= 11 is 0. The number of carbonyl (C=O) groups is 1. The highest BCUT2D eigenvalue weighted by atomic mass is 35.5. The van der Waals surface area contributed by atoms with Gasteiger partial charge in [-0.25, -0.2) is 0 Å². The molecular weight excluding hydrogens is 168 g/mol. The molecule has 0 saturated carbocycles. The van der Waals surface area contributed by atoms with Gasteiger partial charge in [-0.15, -0.1) is 12.4 Å². The topological polar surface area (TPSA) is 64.3 Å². The van der Waals surface area contributed by atoms with E-state index < -0.39 is 0 Å². The quantitative estimate of drug-likeness (QED) is 0.276. The van der Waals surface area contributed by atoms with Crippen LogP contribution in [0.15, 0.2) is 0 Å². The number of hydrogen-bond donors (Lipinski definition) is 2. The number of ether oxygens (including phenoxy) is 1. The first-order chi connectivity index (χ1) is 4.81. The van der Waals surface area contributed by atoms with Crippen molar-refractivity contribution in [3.63, 3.8) is 0 Å². The number of halogens is 1. The van der Waals surface area contributed by atoms with Crippen LogP contribution in [0.3, 0.4) is 0 Å². The van der Waals surface area contributed by atoms with Crippen LogP contribution in [0.25, 0.3) is 0 Å². The van der Waals surface area contributed by atoms with E-state index in [1.54, 1.807) is 6.92 Å². The molecule has 4 nitrogen and oxygen atoms in total. The van der Waals surface area contributed by atoms with E-state index in [-0.39, 0.29) is 18.4 Å². The van der Waals surface area contributed by atoms with Gasteiger partial charge in [-0.05, 0) is 13.3 Å². The second-order valence-electron chi connectivity index (χ2n) is 1.86. The largest absolute Gasteiger partial charge is 0.466 e. The molecule has 5 heteroatoms. The molecule has 0 atom stereocenters. The van der Waals surface area contributed by atoms with Crippen LogP contribution in [0.4, 0.5) is 0 Å². The molecular formula is C6H15ClN2O2. The highest BCUT2D eigenvalue weighted by molar-refractivity contribution is 5.85. The summed E-state index contributed by atoms with van der Waals surface area (Å²) in [6, 6.07) is 0. The van der Waals surface area contributed by atoms with Gasteiger partial charge in [0.2, 0.25) is 0 Å². The lowest BCUT2D eigenvalue weighted by Gasteiger charge is -1.99. The number of hydrogen-bond acceptors (Lipinski definition) is 4. The number of esters is 1. The first-order valence-corrected chi connectivity index (χ1v) is 3.40. The molecule has 0 amide bonds. The molecule has 0 spiro atoms. The third kappa shape index (κ3) is 9.68. The van der Waals surface area contributed by atoms with Crippen LogP contribution in [0.5, 0.6) is 0 Å². The minimum atomic E-state index is -0.155. The molecule has 0 aromatic carbocycles. The molecule has 0 bridgehead atoms. The van der Waals surface area contributed by atoms with E-state index in [0.29, 0.717) is 19.6 Å². The zero-order chi connectivity index (χ0) is 7.82. The lowest BCUT2D eigenvalue weighted by Crippen LogP contribution is -2.23. The highest BCUT2D eigenvalue weighted by Gasteiger charge is 1.98. The molecule has 0 aliphatic heterocycles. The van der Waals surface area contributed by atoms with Crippen molar-refractivity contribution < 1.29 is 9.53 Å². The minimum absolute atomic E-state index is 0. The maximum absolute atomic E-state index is 10.6. The van der Waals surface area contributed by atoms with E-state index in [0.717, 1.165) is 6.42 Å². The summed E-state index contributed by atoms with van der Waals surface area (Å²) in [5, 5.41) is 0. The Hall–Kier alpha value is -0.320. The van der Waals surface area contributed by atoms with Crippen LogP contribution < -0.4 is 11.3 Å². The molecule has 0 saturated heterocycles. The van der Waals surface area contributed by atoms with Crippen molar-refractivity contribution in [1.82, 2.24) is 5.43 Å². The van der Waals surface area contributed by atoms with E-state index in [1.807, 2.05) is 0 Å². The van der Waals surface area contributed by atoms with Gasteiger partial charge in [-0.3, -0.25) is 16.1 Å². The van der Waals surface area contributed by atoms with Crippen molar-refractivity contribution in [1.29, 1.82) is 0 Å². The average molecular weight is 183 g/mol. The van der Waals surface area contributed by atoms with Crippen molar-refractivity contribution in [2.75, 3.05) is 13.2 Å². The first kappa shape index (κ1) is 13.3. The van der Waals surface area contributed by atoms with E-state index in [1.165, 1.54) is 0 Å². The van der Waals surface area contributed by atoms with Gasteiger partial charge in [-0.1, -0.05) is 0 Å². The lowest BCUT2D eigenvalue weighted by atomic mass is 10.3. The smallest absolute Gasteiger partial charge is 0.305 e. The van der Waals surface area contributed by atoms with E-state index in [2.05, 4.69) is 10.2 Å². The van der Waals surface area contributed by atoms with Crippen molar-refractivity contribution in [2.24, 2.45) is 5.84 Å². The summed E-state index contributed by atoms with van der Waals surface area (Å²) in [5.74, 6) is 4.83. The lowest BCUT2D eigenvalue weighted by molar-refractivity contribution is -0.143. The van der Waals surface area contributed by atoms with Crippen molar-refractivity contribution in [2.45, 2.75) is 19.8 Å². The molecule has 0 aromatic rings. The van der Waals surface area contributed by atoms with Crippen molar-refractivity contribution >= 4 is 18.4 Å². The fourth-order valence-electron chi connectivity index (χ4n) is 0.568. The normalized spacial score (nSPS) is 8.55. The van der Waals surface area contributed by atoms with Gasteiger partial charge in [0.15, 0.2) is 0 Å². The molecule has 0 heterocycles. The minimum Gasteiger partial charge on any atom is -0.466 e. The van der Waals surface area contributed by atoms with Crippen LogP contribution in [0.1, 0.15) is 19.8 Å². The van der Waals surface area contributed by atoms with Crippen LogP contribution in [0.2, 0.25) is 0 Å². The summed E-state index contributed by atoms with van der Waals surface area (Å²) in [7, 11) is 0. The van der Waals surface area contributed by atoms with Gasteiger partial charge in [0.1, 0.15) is 0 Å². The molecule has 0 aromatic heterocycles. The Morgan fingerprint density at radius 1 is 1.64 bits per heavy atom. The van der Waals surface area contributed by atoms with Crippen LogP contribution in [-0.4, -0.2) is 19.1 Å². The molecule has 0 aliphatic rings. The van der Waals surface area contributed by atoms with Crippen molar-refractivity contribution in [3.8, 4) is 0 Å². The SMILES string of the molecule is CCOC(=O)CCCNN.Cl. The standard InChI is InChI=1S/C6H14N2O2.ClH/c1-2-10-6(9)4-3-5-8-7;/h8H,2-5,7H2,1H3;1H. The maximum atomic E-state index is 10.6. The monoisotopic (exact) mass is 182 g/mol. The molecule has 3 N–H and O–H groups in total. The number of nitrogens with one attached hydrogen (secondary N) is 1. The average Bonchev–Trinajstić information content (AvgIpc) is 1.89. The summed E-state index contributed by atoms with van der Waals surface area (Å²) in [6.45, 7) is 2.90. The number of nitrogens with two attached hydrogens (primary N) is 1. The number of rotatable bonds is 5. The molecule has 68 valence electrons. The van der Waals surface area contributed by atoms with Gasteiger partial charge in [-0.2, -0.15) is 0 Å². The molecule has 0 unspecified atom stereocenters. The predicted molar refractivity (Wildman–Crippen MR) is 45.3 cm³/mol. The van der Waals surface area contributed by atoms with Crippen LogP contribution in [0, 0.1) is 0 Å². The summed E-state index contributed by atoms with van der Waals surface area (Å²) in [5.41, 5.74) is 2.46. The van der Waals surface area contributed by atoms with E-state index in [9.17, 15) is 4.79 Å². The fourth-order valence-corrected chi connectivity index (χ4v) is 0.568. The zero-order valence-electron chi connectivity index (χ0n) is 6.63. The van der Waals surface area contributed by atoms with Gasteiger partial charge < -0.3 is 4.74 Å². The Balaban J connectivity index is 0. The summed E-state index contributed by atoms with van der Waals surface area (Å²) < 4.78 is 4.68. The number of carbonyl (C=O) groups excluding carboxylic acids is 1. The van der Waals surface area contributed by atoms with Crippen LogP contribution >= 0.6 is 12.4 Å². The Morgan fingerprint density at radius 3 is 2.73 bits per heavy atom. The third-order valence-electron chi connectivity index (χ3n) is 1.01. The van der Waals surface area contributed by atoms with E-state index in [4.69, 9.17) is 5.84 Å². The Morgan fingerprint density at radius 2 is 2.27 bits per heavy atom. The molecule has 0 rings (SSSR count). The Bertz CT molecular complexity index is 101. The molecule has 0 radical (unpaired) electrons.